The van der Waals surface area contributed by atoms with Gasteiger partial charge in [-0.3, -0.25) is 9.69 Å². The second-order valence-corrected chi connectivity index (χ2v) is 5.40. The number of piperidine rings is 1. The van der Waals surface area contributed by atoms with E-state index in [0.717, 1.165) is 25.5 Å². The number of anilines is 1. The van der Waals surface area contributed by atoms with Gasteiger partial charge in [0.25, 0.3) is 0 Å². The maximum Gasteiger partial charge on any atom is 0.248 e. The molecule has 2 fully saturated rings. The van der Waals surface area contributed by atoms with Gasteiger partial charge in [0, 0.05) is 37.4 Å². The standard InChI is InChI=1S/C14H20N4O/c15-14(19)11-4-5-16-13(9-11)18-8-7-17-6-2-1-3-12(17)10-18/h4-5,9,12H,1-3,6-8,10H2,(H2,15,19). The minimum absolute atomic E-state index is 0.389. The van der Waals surface area contributed by atoms with Gasteiger partial charge in [0.1, 0.15) is 5.82 Å². The first-order valence-corrected chi connectivity index (χ1v) is 6.99. The minimum atomic E-state index is -0.389. The Morgan fingerprint density at radius 3 is 3.05 bits per heavy atom. The van der Waals surface area contributed by atoms with Crippen molar-refractivity contribution in [2.24, 2.45) is 5.73 Å². The molecule has 5 heteroatoms. The maximum absolute atomic E-state index is 11.2. The van der Waals surface area contributed by atoms with Crippen molar-refractivity contribution in [3.05, 3.63) is 23.9 Å². The first kappa shape index (κ1) is 12.4. The lowest BCUT2D eigenvalue weighted by atomic mass is 9.99. The number of piperazine rings is 1. The monoisotopic (exact) mass is 260 g/mol. The lowest BCUT2D eigenvalue weighted by Crippen LogP contribution is -2.55. The smallest absolute Gasteiger partial charge is 0.248 e. The number of hydrogen-bond donors (Lipinski definition) is 1. The van der Waals surface area contributed by atoms with Gasteiger partial charge in [-0.05, 0) is 31.5 Å². The molecule has 1 amide bonds. The van der Waals surface area contributed by atoms with Crippen molar-refractivity contribution < 1.29 is 4.79 Å². The number of nitrogens with two attached hydrogens (primary N) is 1. The Morgan fingerprint density at radius 1 is 1.32 bits per heavy atom. The van der Waals surface area contributed by atoms with Crippen LogP contribution < -0.4 is 10.6 Å². The van der Waals surface area contributed by atoms with Gasteiger partial charge >= 0.3 is 0 Å². The van der Waals surface area contributed by atoms with Gasteiger partial charge in [-0.25, -0.2) is 4.98 Å². The van der Waals surface area contributed by atoms with E-state index in [1.54, 1.807) is 18.3 Å². The van der Waals surface area contributed by atoms with Crippen LogP contribution in [0.3, 0.4) is 0 Å². The molecule has 2 saturated heterocycles. The predicted octanol–water partition coefficient (Wildman–Crippen LogP) is 0.855. The zero-order chi connectivity index (χ0) is 13.2. The number of nitrogens with zero attached hydrogens (tertiary/aromatic N) is 3. The van der Waals surface area contributed by atoms with E-state index in [2.05, 4.69) is 14.8 Å². The lowest BCUT2D eigenvalue weighted by molar-refractivity contribution is 0.1000. The summed E-state index contributed by atoms with van der Waals surface area (Å²) in [6, 6.07) is 4.12. The molecule has 0 aromatic carbocycles. The SMILES string of the molecule is NC(=O)c1ccnc(N2CCN3CCCCC3C2)c1. The summed E-state index contributed by atoms with van der Waals surface area (Å²) in [5.41, 5.74) is 5.86. The molecule has 0 radical (unpaired) electrons. The molecule has 3 heterocycles. The number of rotatable bonds is 2. The molecule has 5 nitrogen and oxygen atoms in total. The number of aromatic nitrogens is 1. The van der Waals surface area contributed by atoms with E-state index in [9.17, 15) is 4.79 Å². The van der Waals surface area contributed by atoms with Gasteiger partial charge in [0.05, 0.1) is 0 Å². The maximum atomic E-state index is 11.2. The Balaban J connectivity index is 1.75. The van der Waals surface area contributed by atoms with Crippen molar-refractivity contribution in [3.63, 3.8) is 0 Å². The molecule has 0 aliphatic carbocycles. The van der Waals surface area contributed by atoms with Gasteiger partial charge < -0.3 is 10.6 Å². The summed E-state index contributed by atoms with van der Waals surface area (Å²) >= 11 is 0. The number of hydrogen-bond acceptors (Lipinski definition) is 4. The molecule has 1 unspecified atom stereocenters. The van der Waals surface area contributed by atoms with Crippen LogP contribution >= 0.6 is 0 Å². The predicted molar refractivity (Wildman–Crippen MR) is 74.2 cm³/mol. The number of pyridine rings is 1. The van der Waals surface area contributed by atoms with Gasteiger partial charge in [-0.15, -0.1) is 0 Å². The van der Waals surface area contributed by atoms with E-state index in [0.29, 0.717) is 11.6 Å². The van der Waals surface area contributed by atoms with E-state index in [1.165, 1.54) is 25.8 Å². The van der Waals surface area contributed by atoms with E-state index in [4.69, 9.17) is 5.73 Å². The van der Waals surface area contributed by atoms with Crippen molar-refractivity contribution in [2.75, 3.05) is 31.1 Å². The van der Waals surface area contributed by atoms with Crippen LogP contribution in [0.2, 0.25) is 0 Å². The largest absolute Gasteiger partial charge is 0.366 e. The summed E-state index contributed by atoms with van der Waals surface area (Å²) in [5.74, 6) is 0.487. The molecule has 0 saturated carbocycles. The van der Waals surface area contributed by atoms with Gasteiger partial charge in [-0.2, -0.15) is 0 Å². The summed E-state index contributed by atoms with van der Waals surface area (Å²) < 4.78 is 0. The molecule has 2 aliphatic heterocycles. The average molecular weight is 260 g/mol. The summed E-state index contributed by atoms with van der Waals surface area (Å²) in [5, 5.41) is 0. The van der Waals surface area contributed by atoms with E-state index >= 15 is 0 Å². The van der Waals surface area contributed by atoms with Crippen LogP contribution in [0, 0.1) is 0 Å². The highest BCUT2D eigenvalue weighted by atomic mass is 16.1. The molecule has 102 valence electrons. The van der Waals surface area contributed by atoms with Crippen LogP contribution in [0.1, 0.15) is 29.6 Å². The van der Waals surface area contributed by atoms with E-state index < -0.39 is 0 Å². The second kappa shape index (κ2) is 5.17. The van der Waals surface area contributed by atoms with Crippen molar-refractivity contribution in [1.82, 2.24) is 9.88 Å². The summed E-state index contributed by atoms with van der Waals surface area (Å²) in [7, 11) is 0. The fourth-order valence-electron chi connectivity index (χ4n) is 3.11. The number of carbonyl (C=O) groups is 1. The third kappa shape index (κ3) is 2.56. The Labute approximate surface area is 113 Å². The Hall–Kier alpha value is -1.62. The molecule has 0 bridgehead atoms. The van der Waals surface area contributed by atoms with Gasteiger partial charge in [0.15, 0.2) is 0 Å². The summed E-state index contributed by atoms with van der Waals surface area (Å²) in [6.07, 6.45) is 5.59. The first-order valence-electron chi connectivity index (χ1n) is 6.99. The summed E-state index contributed by atoms with van der Waals surface area (Å²) in [4.78, 5) is 20.5. The minimum Gasteiger partial charge on any atom is -0.366 e. The fourth-order valence-corrected chi connectivity index (χ4v) is 3.11. The van der Waals surface area contributed by atoms with Crippen LogP contribution in [-0.2, 0) is 0 Å². The molecule has 1 aromatic heterocycles. The highest BCUT2D eigenvalue weighted by molar-refractivity contribution is 5.93. The summed E-state index contributed by atoms with van der Waals surface area (Å²) in [6.45, 7) is 4.31. The fraction of sp³-hybridized carbons (Fsp3) is 0.571. The van der Waals surface area contributed by atoms with Crippen molar-refractivity contribution in [2.45, 2.75) is 25.3 Å². The number of carbonyl (C=O) groups excluding carboxylic acids is 1. The van der Waals surface area contributed by atoms with Crippen LogP contribution in [0.25, 0.3) is 0 Å². The number of fused-ring (bicyclic) bond motifs is 1. The Bertz CT molecular complexity index is 476. The first-order chi connectivity index (χ1) is 9.24. The van der Waals surface area contributed by atoms with Crippen LogP contribution in [0.5, 0.6) is 0 Å². The molecule has 3 rings (SSSR count). The molecule has 1 atom stereocenters. The average Bonchev–Trinajstić information content (AvgIpc) is 2.47. The highest BCUT2D eigenvalue weighted by Crippen LogP contribution is 2.24. The quantitative estimate of drug-likeness (QED) is 0.856. The lowest BCUT2D eigenvalue weighted by Gasteiger charge is -2.44. The number of primary amides is 1. The van der Waals surface area contributed by atoms with Crippen LogP contribution in [0.15, 0.2) is 18.3 Å². The van der Waals surface area contributed by atoms with Crippen LogP contribution in [-0.4, -0.2) is 48.0 Å². The third-order valence-electron chi connectivity index (χ3n) is 4.19. The zero-order valence-electron chi connectivity index (χ0n) is 11.1. The molecule has 0 spiro atoms. The van der Waals surface area contributed by atoms with Crippen LogP contribution in [0.4, 0.5) is 5.82 Å². The van der Waals surface area contributed by atoms with E-state index in [-0.39, 0.29) is 5.91 Å². The Morgan fingerprint density at radius 2 is 2.21 bits per heavy atom. The zero-order valence-corrected chi connectivity index (χ0v) is 11.1. The highest BCUT2D eigenvalue weighted by Gasteiger charge is 2.29. The molecule has 19 heavy (non-hydrogen) atoms. The molecular weight excluding hydrogens is 240 g/mol. The second-order valence-electron chi connectivity index (χ2n) is 5.40. The molecule has 1 aromatic rings. The van der Waals surface area contributed by atoms with Gasteiger partial charge in [0.2, 0.25) is 5.91 Å². The molecule has 2 aliphatic rings. The number of amides is 1. The van der Waals surface area contributed by atoms with Crippen molar-refractivity contribution in [3.8, 4) is 0 Å². The Kier molecular flexibility index (Phi) is 3.38. The van der Waals surface area contributed by atoms with Crippen molar-refractivity contribution in [1.29, 1.82) is 0 Å². The molecule has 2 N–H and O–H groups in total. The third-order valence-corrected chi connectivity index (χ3v) is 4.19. The van der Waals surface area contributed by atoms with E-state index in [1.807, 2.05) is 0 Å². The molecular formula is C14H20N4O. The van der Waals surface area contributed by atoms with Gasteiger partial charge in [-0.1, -0.05) is 6.42 Å². The van der Waals surface area contributed by atoms with Crippen molar-refractivity contribution >= 4 is 11.7 Å². The topological polar surface area (TPSA) is 62.5 Å². The normalized spacial score (nSPS) is 24.0.